The van der Waals surface area contributed by atoms with E-state index >= 15 is 0 Å². The zero-order valence-electron chi connectivity index (χ0n) is 18.1. The number of halogens is 2. The average molecular weight is 591 g/mol. The van der Waals surface area contributed by atoms with Crippen LogP contribution in [0.4, 0.5) is 5.69 Å². The lowest BCUT2D eigenvalue weighted by molar-refractivity contribution is -0.113. The molecule has 35 heavy (non-hydrogen) atoms. The SMILES string of the molecule is CC1=Cc2cccc3c(-n4c(Br)nnc4SCC(=O)Nc4ccc(S(N)(=O)=O)cc4Cl)ccc1c23. The first-order valence-electron chi connectivity index (χ1n) is 10.2. The lowest BCUT2D eigenvalue weighted by atomic mass is 10.0. The molecule has 0 aliphatic heterocycles. The van der Waals surface area contributed by atoms with Gasteiger partial charge < -0.3 is 5.32 Å². The number of anilines is 1. The minimum absolute atomic E-state index is 0.0281. The molecule has 5 rings (SSSR count). The minimum Gasteiger partial charge on any atom is -0.324 e. The van der Waals surface area contributed by atoms with Crippen molar-refractivity contribution in [3.8, 4) is 5.69 Å². The Hall–Kier alpha value is -2.70. The Labute approximate surface area is 218 Å². The van der Waals surface area contributed by atoms with Crippen molar-refractivity contribution >= 4 is 83.3 Å². The highest BCUT2D eigenvalue weighted by molar-refractivity contribution is 9.10. The van der Waals surface area contributed by atoms with Gasteiger partial charge in [-0.2, -0.15) is 0 Å². The highest BCUT2D eigenvalue weighted by Crippen LogP contribution is 2.40. The molecule has 0 spiro atoms. The van der Waals surface area contributed by atoms with Gasteiger partial charge in [0.05, 0.1) is 27.0 Å². The van der Waals surface area contributed by atoms with E-state index < -0.39 is 10.0 Å². The van der Waals surface area contributed by atoms with Crippen LogP contribution in [0.25, 0.3) is 28.1 Å². The topological polar surface area (TPSA) is 120 Å². The molecule has 0 saturated carbocycles. The van der Waals surface area contributed by atoms with Crippen molar-refractivity contribution in [1.29, 1.82) is 0 Å². The Kier molecular flexibility index (Phi) is 6.22. The summed E-state index contributed by atoms with van der Waals surface area (Å²) in [5.74, 6) is -0.313. The summed E-state index contributed by atoms with van der Waals surface area (Å²) in [7, 11) is -3.89. The number of primary sulfonamides is 1. The first kappa shape index (κ1) is 24.0. The Morgan fingerprint density at radius 1 is 1.20 bits per heavy atom. The summed E-state index contributed by atoms with van der Waals surface area (Å²) in [6.45, 7) is 2.10. The van der Waals surface area contributed by atoms with Crippen LogP contribution < -0.4 is 10.5 Å². The van der Waals surface area contributed by atoms with Crippen molar-refractivity contribution in [2.75, 3.05) is 11.1 Å². The van der Waals surface area contributed by atoms with E-state index in [0.717, 1.165) is 11.1 Å². The largest absolute Gasteiger partial charge is 0.324 e. The van der Waals surface area contributed by atoms with Gasteiger partial charge in [-0.3, -0.25) is 9.36 Å². The Morgan fingerprint density at radius 2 is 2.00 bits per heavy atom. The van der Waals surface area contributed by atoms with E-state index in [1.54, 1.807) is 0 Å². The molecule has 0 fully saturated rings. The summed E-state index contributed by atoms with van der Waals surface area (Å²) < 4.78 is 25.3. The predicted octanol–water partition coefficient (Wildman–Crippen LogP) is 5.09. The maximum atomic E-state index is 12.6. The zero-order chi connectivity index (χ0) is 24.9. The van der Waals surface area contributed by atoms with Gasteiger partial charge in [-0.15, -0.1) is 10.2 Å². The number of sulfonamides is 1. The highest BCUT2D eigenvalue weighted by atomic mass is 79.9. The second-order valence-corrected chi connectivity index (χ2v) is 11.5. The molecule has 0 atom stereocenters. The number of carbonyl (C=O) groups is 1. The molecule has 1 heterocycles. The summed E-state index contributed by atoms with van der Waals surface area (Å²) >= 11 is 10.8. The summed E-state index contributed by atoms with van der Waals surface area (Å²) in [4.78, 5) is 12.5. The van der Waals surface area contributed by atoms with E-state index in [-0.39, 0.29) is 27.3 Å². The van der Waals surface area contributed by atoms with E-state index in [9.17, 15) is 13.2 Å². The first-order valence-corrected chi connectivity index (χ1v) is 13.9. The summed E-state index contributed by atoms with van der Waals surface area (Å²) in [5.41, 5.74) is 4.76. The molecule has 1 aromatic heterocycles. The molecule has 12 heteroatoms. The number of nitrogens with zero attached hydrogens (tertiary/aromatic N) is 3. The number of nitrogens with one attached hydrogen (secondary N) is 1. The minimum atomic E-state index is -3.89. The average Bonchev–Trinajstić information content (AvgIpc) is 3.33. The number of hydrogen-bond donors (Lipinski definition) is 2. The fourth-order valence-corrected chi connectivity index (χ4v) is 6.15. The van der Waals surface area contributed by atoms with Gasteiger partial charge in [-0.25, -0.2) is 13.6 Å². The molecule has 0 radical (unpaired) electrons. The fraction of sp³-hybridized carbons (Fsp3) is 0.0870. The monoisotopic (exact) mass is 589 g/mol. The smallest absolute Gasteiger partial charge is 0.238 e. The number of aromatic nitrogens is 3. The van der Waals surface area contributed by atoms with Gasteiger partial charge in [0.25, 0.3) is 0 Å². The number of benzene rings is 3. The van der Waals surface area contributed by atoms with Crippen LogP contribution >= 0.6 is 39.3 Å². The number of hydrogen-bond acceptors (Lipinski definition) is 6. The summed E-state index contributed by atoms with van der Waals surface area (Å²) in [6, 6.07) is 14.1. The molecule has 1 aliphatic rings. The van der Waals surface area contributed by atoms with Crippen molar-refractivity contribution in [2.24, 2.45) is 5.14 Å². The maximum Gasteiger partial charge on any atom is 0.238 e. The van der Waals surface area contributed by atoms with Crippen molar-refractivity contribution in [3.63, 3.8) is 0 Å². The molecule has 8 nitrogen and oxygen atoms in total. The van der Waals surface area contributed by atoms with Crippen LogP contribution in [-0.4, -0.2) is 34.8 Å². The number of allylic oxidation sites excluding steroid dienone is 1. The summed E-state index contributed by atoms with van der Waals surface area (Å²) in [6.07, 6.45) is 2.17. The van der Waals surface area contributed by atoms with Gasteiger partial charge in [0, 0.05) is 5.39 Å². The molecule has 0 unspecified atom stereocenters. The molecular weight excluding hydrogens is 574 g/mol. The lowest BCUT2D eigenvalue weighted by Gasteiger charge is -2.13. The Morgan fingerprint density at radius 3 is 2.74 bits per heavy atom. The zero-order valence-corrected chi connectivity index (χ0v) is 22.1. The maximum absolute atomic E-state index is 12.6. The van der Waals surface area contributed by atoms with Gasteiger partial charge in [-0.05, 0) is 69.2 Å². The quantitative estimate of drug-likeness (QED) is 0.302. The number of thioether (sulfide) groups is 1. The predicted molar refractivity (Wildman–Crippen MR) is 142 cm³/mol. The fourth-order valence-electron chi connectivity index (χ4n) is 4.01. The lowest BCUT2D eigenvalue weighted by Crippen LogP contribution is -2.16. The van der Waals surface area contributed by atoms with Gasteiger partial charge in [0.15, 0.2) is 5.16 Å². The normalized spacial score (nSPS) is 12.7. The molecular formula is C23H17BrClN5O3S2. The van der Waals surface area contributed by atoms with E-state index in [1.165, 1.54) is 52.0 Å². The summed E-state index contributed by atoms with van der Waals surface area (Å²) in [5, 5.41) is 19.0. The second-order valence-electron chi connectivity index (χ2n) is 7.84. The van der Waals surface area contributed by atoms with Crippen LogP contribution in [0.3, 0.4) is 0 Å². The van der Waals surface area contributed by atoms with E-state index in [2.05, 4.69) is 62.6 Å². The van der Waals surface area contributed by atoms with Crippen molar-refractivity contribution < 1.29 is 13.2 Å². The van der Waals surface area contributed by atoms with Crippen LogP contribution in [0.2, 0.25) is 5.02 Å². The number of amides is 1. The van der Waals surface area contributed by atoms with Gasteiger partial charge in [0.2, 0.25) is 20.7 Å². The van der Waals surface area contributed by atoms with Gasteiger partial charge >= 0.3 is 0 Å². The Bertz CT molecular complexity index is 1670. The molecule has 1 aliphatic carbocycles. The molecule has 3 aromatic carbocycles. The van der Waals surface area contributed by atoms with Gasteiger partial charge in [0.1, 0.15) is 0 Å². The van der Waals surface area contributed by atoms with Crippen molar-refractivity contribution in [1.82, 2.24) is 14.8 Å². The standard InChI is InChI=1S/C23H17BrClN5O3S2/c1-12-9-13-3-2-4-16-19(8-6-15(12)21(13)16)30-22(24)28-29-23(30)34-11-20(31)27-18-7-5-14(10-17(18)25)35(26,32)33/h2-10H,11H2,1H3,(H,27,31)(H2,26,32,33). The Balaban J connectivity index is 1.39. The van der Waals surface area contributed by atoms with E-state index in [4.69, 9.17) is 16.7 Å². The second kappa shape index (κ2) is 9.07. The molecule has 3 N–H and O–H groups in total. The highest BCUT2D eigenvalue weighted by Gasteiger charge is 2.21. The third-order valence-electron chi connectivity index (χ3n) is 5.56. The molecule has 1 amide bonds. The van der Waals surface area contributed by atoms with Gasteiger partial charge in [-0.1, -0.05) is 53.7 Å². The number of nitrogens with two attached hydrogens (primary N) is 1. The molecule has 178 valence electrons. The van der Waals surface area contributed by atoms with Crippen LogP contribution in [-0.2, 0) is 14.8 Å². The third-order valence-corrected chi connectivity index (χ3v) is 8.22. The van der Waals surface area contributed by atoms with Crippen molar-refractivity contribution in [3.05, 3.63) is 69.4 Å². The number of carbonyl (C=O) groups excluding carboxylic acids is 1. The van der Waals surface area contributed by atoms with Crippen LogP contribution in [0, 0.1) is 0 Å². The van der Waals surface area contributed by atoms with Crippen LogP contribution in [0.1, 0.15) is 18.1 Å². The van der Waals surface area contributed by atoms with E-state index in [1.807, 2.05) is 16.7 Å². The van der Waals surface area contributed by atoms with Crippen molar-refractivity contribution in [2.45, 2.75) is 17.0 Å². The van der Waals surface area contributed by atoms with Crippen LogP contribution in [0.5, 0.6) is 0 Å². The molecule has 4 aromatic rings. The van der Waals surface area contributed by atoms with Crippen LogP contribution in [0.15, 0.2) is 63.3 Å². The molecule has 0 bridgehead atoms. The van der Waals surface area contributed by atoms with E-state index in [0.29, 0.717) is 9.89 Å². The molecule has 0 saturated heterocycles. The number of rotatable bonds is 6. The first-order chi connectivity index (χ1) is 16.6. The third kappa shape index (κ3) is 4.50.